The second-order valence-corrected chi connectivity index (χ2v) is 7.93. The Bertz CT molecular complexity index is 548. The third-order valence-corrected chi connectivity index (χ3v) is 6.50. The van der Waals surface area contributed by atoms with Crippen LogP contribution in [0.15, 0.2) is 0 Å². The van der Waals surface area contributed by atoms with Crippen LogP contribution >= 0.6 is 11.3 Å². The van der Waals surface area contributed by atoms with Crippen molar-refractivity contribution in [2.24, 2.45) is 11.8 Å². The summed E-state index contributed by atoms with van der Waals surface area (Å²) in [6.45, 7) is 6.02. The average molecular weight is 337 g/mol. The number of hydrogen-bond donors (Lipinski definition) is 3. The molecule has 1 amide bonds. The van der Waals surface area contributed by atoms with Crippen molar-refractivity contribution in [1.82, 2.24) is 15.6 Å². The van der Waals surface area contributed by atoms with Crippen LogP contribution in [0.2, 0.25) is 0 Å². The molecule has 3 N–H and O–H groups in total. The maximum Gasteiger partial charge on any atom is 0.263 e. The molecule has 6 heteroatoms. The summed E-state index contributed by atoms with van der Waals surface area (Å²) in [6.07, 6.45) is 4.51. The van der Waals surface area contributed by atoms with E-state index in [0.717, 1.165) is 60.8 Å². The Balaban J connectivity index is 1.71. The van der Waals surface area contributed by atoms with E-state index in [0.29, 0.717) is 11.8 Å². The summed E-state index contributed by atoms with van der Waals surface area (Å²) < 4.78 is 0. The Labute approximate surface area is 141 Å². The maximum absolute atomic E-state index is 12.8. The Morgan fingerprint density at radius 3 is 2.65 bits per heavy atom. The van der Waals surface area contributed by atoms with Gasteiger partial charge in [0.15, 0.2) is 0 Å². The van der Waals surface area contributed by atoms with Gasteiger partial charge in [-0.15, -0.1) is 11.3 Å². The first-order valence-corrected chi connectivity index (χ1v) is 9.56. The van der Waals surface area contributed by atoms with E-state index in [-0.39, 0.29) is 18.1 Å². The van der Waals surface area contributed by atoms with Gasteiger partial charge in [0.25, 0.3) is 5.91 Å². The lowest BCUT2D eigenvalue weighted by atomic mass is 9.71. The van der Waals surface area contributed by atoms with Crippen LogP contribution in [0.5, 0.6) is 0 Å². The van der Waals surface area contributed by atoms with Crippen LogP contribution < -0.4 is 10.6 Å². The third-order valence-electron chi connectivity index (χ3n) is 5.20. The predicted molar refractivity (Wildman–Crippen MR) is 91.8 cm³/mol. The quantitative estimate of drug-likeness (QED) is 0.767. The summed E-state index contributed by atoms with van der Waals surface area (Å²) >= 11 is 1.51. The average Bonchev–Trinajstić information content (AvgIpc) is 2.92. The number of rotatable bonds is 5. The fourth-order valence-electron chi connectivity index (χ4n) is 3.78. The highest BCUT2D eigenvalue weighted by molar-refractivity contribution is 7.13. The molecule has 0 unspecified atom stereocenters. The molecule has 1 atom stereocenters. The number of nitrogens with zero attached hydrogens (tertiary/aromatic N) is 1. The monoisotopic (exact) mass is 337 g/mol. The first-order valence-electron chi connectivity index (χ1n) is 8.74. The van der Waals surface area contributed by atoms with E-state index in [1.54, 1.807) is 0 Å². The van der Waals surface area contributed by atoms with E-state index in [1.807, 2.05) is 6.92 Å². The molecule has 3 rings (SSSR count). The molecule has 1 aromatic heterocycles. The van der Waals surface area contributed by atoms with Crippen molar-refractivity contribution in [3.63, 3.8) is 0 Å². The lowest BCUT2D eigenvalue weighted by Crippen LogP contribution is -2.52. The van der Waals surface area contributed by atoms with Gasteiger partial charge in [-0.2, -0.15) is 0 Å². The molecule has 0 aromatic carbocycles. The van der Waals surface area contributed by atoms with Crippen LogP contribution in [-0.2, 0) is 6.42 Å². The van der Waals surface area contributed by atoms with Crippen LogP contribution in [0.25, 0.3) is 0 Å². The smallest absolute Gasteiger partial charge is 0.263 e. The van der Waals surface area contributed by atoms with Gasteiger partial charge in [-0.05, 0) is 64.0 Å². The Morgan fingerprint density at radius 2 is 2.09 bits per heavy atom. The fraction of sp³-hybridized carbons (Fsp3) is 0.765. The Kier molecular flexibility index (Phi) is 5.34. The maximum atomic E-state index is 12.8. The molecule has 1 aromatic rings. The number of aliphatic hydroxyl groups excluding tert-OH is 1. The zero-order chi connectivity index (χ0) is 16.4. The minimum Gasteiger partial charge on any atom is -0.393 e. The van der Waals surface area contributed by atoms with Crippen molar-refractivity contribution >= 4 is 17.2 Å². The molecule has 1 saturated heterocycles. The zero-order valence-electron chi connectivity index (χ0n) is 14.0. The van der Waals surface area contributed by atoms with Gasteiger partial charge in [-0.25, -0.2) is 4.98 Å². The molecule has 23 heavy (non-hydrogen) atoms. The number of thiazole rings is 1. The highest BCUT2D eigenvalue weighted by Gasteiger charge is 2.39. The Hall–Kier alpha value is -0.980. The van der Waals surface area contributed by atoms with Crippen LogP contribution in [0, 0.1) is 18.8 Å². The number of aryl methyl sites for hydroxylation is 2. The number of aliphatic hydroxyl groups is 1. The van der Waals surface area contributed by atoms with Crippen LogP contribution in [0.3, 0.4) is 0 Å². The van der Waals surface area contributed by atoms with E-state index in [2.05, 4.69) is 22.5 Å². The Morgan fingerprint density at radius 1 is 1.39 bits per heavy atom. The second-order valence-electron chi connectivity index (χ2n) is 6.85. The van der Waals surface area contributed by atoms with Crippen molar-refractivity contribution in [3.05, 3.63) is 15.6 Å². The number of nitrogens with one attached hydrogen (secondary N) is 2. The van der Waals surface area contributed by atoms with Crippen molar-refractivity contribution in [1.29, 1.82) is 0 Å². The summed E-state index contributed by atoms with van der Waals surface area (Å²) in [4.78, 5) is 18.0. The van der Waals surface area contributed by atoms with Gasteiger partial charge in [0.1, 0.15) is 4.88 Å². The third kappa shape index (κ3) is 3.75. The van der Waals surface area contributed by atoms with Gasteiger partial charge >= 0.3 is 0 Å². The summed E-state index contributed by atoms with van der Waals surface area (Å²) in [5.74, 6) is 0.942. The first-order chi connectivity index (χ1) is 11.1. The van der Waals surface area contributed by atoms with Crippen molar-refractivity contribution in [2.45, 2.75) is 58.1 Å². The predicted octanol–water partition coefficient (Wildman–Crippen LogP) is 1.88. The molecule has 2 aliphatic rings. The molecule has 128 valence electrons. The molecule has 0 radical (unpaired) electrons. The number of aromatic nitrogens is 1. The molecule has 0 spiro atoms. The molecule has 1 aliphatic heterocycles. The molecule has 5 nitrogen and oxygen atoms in total. The lowest BCUT2D eigenvalue weighted by Gasteiger charge is -2.43. The topological polar surface area (TPSA) is 74.2 Å². The minimum atomic E-state index is -0.182. The van der Waals surface area contributed by atoms with Gasteiger partial charge in [0.2, 0.25) is 0 Å². The largest absolute Gasteiger partial charge is 0.393 e. The van der Waals surface area contributed by atoms with Gasteiger partial charge in [-0.3, -0.25) is 4.79 Å². The van der Waals surface area contributed by atoms with E-state index < -0.39 is 0 Å². The van der Waals surface area contributed by atoms with E-state index >= 15 is 0 Å². The number of carbonyl (C=O) groups excluding carboxylic acids is 1. The standard InChI is InChI=1S/C17H27N3O2S/c1-3-14-19-10(2)16(23-14)17(22)20-15(12-8-13(21)9-12)11-4-6-18-7-5-11/h11-13,15,18,21H,3-9H2,1-2H3,(H,20,22)/t12?,13?,15-/m0/s1. The van der Waals surface area contributed by atoms with E-state index in [1.165, 1.54) is 11.3 Å². The number of amides is 1. The fourth-order valence-corrected chi connectivity index (χ4v) is 4.69. The van der Waals surface area contributed by atoms with E-state index in [4.69, 9.17) is 0 Å². The summed E-state index contributed by atoms with van der Waals surface area (Å²) in [5.41, 5.74) is 0.835. The molecular formula is C17H27N3O2S. The molecular weight excluding hydrogens is 310 g/mol. The summed E-state index contributed by atoms with van der Waals surface area (Å²) in [6, 6.07) is 0.180. The molecule has 2 fully saturated rings. The SMILES string of the molecule is CCc1nc(C)c(C(=O)N[C@@H](C2CCNCC2)C2CC(O)C2)s1. The molecule has 0 bridgehead atoms. The van der Waals surface area contributed by atoms with Gasteiger partial charge in [-0.1, -0.05) is 6.92 Å². The lowest BCUT2D eigenvalue weighted by molar-refractivity contribution is 0.00922. The van der Waals surface area contributed by atoms with E-state index in [9.17, 15) is 9.90 Å². The molecule has 2 heterocycles. The van der Waals surface area contributed by atoms with Crippen LogP contribution in [0.1, 0.15) is 53.0 Å². The number of carbonyl (C=O) groups is 1. The highest BCUT2D eigenvalue weighted by atomic mass is 32.1. The van der Waals surface area contributed by atoms with Crippen molar-refractivity contribution in [2.75, 3.05) is 13.1 Å². The van der Waals surface area contributed by atoms with Gasteiger partial charge < -0.3 is 15.7 Å². The summed E-state index contributed by atoms with van der Waals surface area (Å²) in [7, 11) is 0. The van der Waals surface area contributed by atoms with Crippen LogP contribution in [0.4, 0.5) is 0 Å². The van der Waals surface area contributed by atoms with Crippen molar-refractivity contribution in [3.8, 4) is 0 Å². The first kappa shape index (κ1) is 16.9. The zero-order valence-corrected chi connectivity index (χ0v) is 14.8. The van der Waals surface area contributed by atoms with Crippen LogP contribution in [-0.4, -0.2) is 41.2 Å². The highest BCUT2D eigenvalue weighted by Crippen LogP contribution is 2.36. The molecule has 1 aliphatic carbocycles. The van der Waals surface area contributed by atoms with Gasteiger partial charge in [0, 0.05) is 6.04 Å². The normalized spacial score (nSPS) is 26.6. The molecule has 1 saturated carbocycles. The number of piperidine rings is 1. The van der Waals surface area contributed by atoms with Gasteiger partial charge in [0.05, 0.1) is 16.8 Å². The second kappa shape index (κ2) is 7.28. The van der Waals surface area contributed by atoms with Crippen molar-refractivity contribution < 1.29 is 9.90 Å². The summed E-state index contributed by atoms with van der Waals surface area (Å²) in [5, 5.41) is 17.4. The minimum absolute atomic E-state index is 0.0182. The number of hydrogen-bond acceptors (Lipinski definition) is 5.